The zero-order valence-corrected chi connectivity index (χ0v) is 13.6. The van der Waals surface area contributed by atoms with Gasteiger partial charge in [0.25, 0.3) is 5.56 Å². The Morgan fingerprint density at radius 2 is 1.96 bits per heavy atom. The Bertz CT molecular complexity index is 1030. The minimum Gasteiger partial charge on any atom is -0.495 e. The van der Waals surface area contributed by atoms with Gasteiger partial charge < -0.3 is 9.84 Å². The van der Waals surface area contributed by atoms with E-state index in [1.165, 1.54) is 23.8 Å². The summed E-state index contributed by atoms with van der Waals surface area (Å²) in [6.07, 6.45) is 1.56. The average Bonchev–Trinajstić information content (AvgIpc) is 2.60. The van der Waals surface area contributed by atoms with Crippen molar-refractivity contribution >= 4 is 17.0 Å². The molecule has 0 amide bonds. The number of rotatable bonds is 4. The summed E-state index contributed by atoms with van der Waals surface area (Å²) in [6.45, 7) is 2.00. The van der Waals surface area contributed by atoms with Crippen molar-refractivity contribution < 1.29 is 19.0 Å². The van der Waals surface area contributed by atoms with E-state index in [0.717, 1.165) is 0 Å². The molecule has 0 radical (unpaired) electrons. The number of ether oxygens (including phenoxy) is 1. The number of carboxylic acids is 1. The second-order valence-electron chi connectivity index (χ2n) is 5.36. The standard InChI is InChI=1S/C18H15FN2O4/c1-3-21-16-13(15(25-2)14(17(21)22)18(23)24)8-11(9-20-16)10-4-6-12(19)7-5-10/h4-9H,3H2,1-2H3,(H,23,24). The fraction of sp³-hybridized carbons (Fsp3) is 0.167. The lowest BCUT2D eigenvalue weighted by Gasteiger charge is -2.14. The second-order valence-corrected chi connectivity index (χ2v) is 5.36. The Kier molecular flexibility index (Phi) is 4.22. The van der Waals surface area contributed by atoms with E-state index in [9.17, 15) is 19.1 Å². The third-order valence-electron chi connectivity index (χ3n) is 3.96. The zero-order chi connectivity index (χ0) is 18.1. The Balaban J connectivity index is 2.38. The van der Waals surface area contributed by atoms with Crippen LogP contribution in [0.5, 0.6) is 5.75 Å². The first-order chi connectivity index (χ1) is 12.0. The molecule has 0 aliphatic carbocycles. The highest BCUT2D eigenvalue weighted by atomic mass is 19.1. The predicted octanol–water partition coefficient (Wildman–Crippen LogP) is 2.93. The molecule has 0 saturated carbocycles. The number of pyridine rings is 2. The Hall–Kier alpha value is -3.22. The van der Waals surface area contributed by atoms with E-state index in [1.807, 2.05) is 0 Å². The minimum atomic E-state index is -1.36. The molecule has 0 aliphatic rings. The monoisotopic (exact) mass is 342 g/mol. The maximum absolute atomic E-state index is 13.1. The van der Waals surface area contributed by atoms with E-state index in [0.29, 0.717) is 22.2 Å². The molecule has 128 valence electrons. The van der Waals surface area contributed by atoms with Crippen molar-refractivity contribution in [1.82, 2.24) is 9.55 Å². The molecule has 2 heterocycles. The lowest BCUT2D eigenvalue weighted by atomic mass is 10.0. The molecule has 3 aromatic rings. The molecule has 6 nitrogen and oxygen atoms in total. The molecule has 0 aliphatic heterocycles. The third kappa shape index (κ3) is 2.73. The summed E-state index contributed by atoms with van der Waals surface area (Å²) in [5.74, 6) is -1.75. The molecule has 1 aromatic carbocycles. The van der Waals surface area contributed by atoms with Crippen molar-refractivity contribution in [1.29, 1.82) is 0 Å². The molecular weight excluding hydrogens is 327 g/mol. The van der Waals surface area contributed by atoms with Gasteiger partial charge in [-0.15, -0.1) is 0 Å². The number of methoxy groups -OCH3 is 1. The first-order valence-corrected chi connectivity index (χ1v) is 7.57. The van der Waals surface area contributed by atoms with Crippen LogP contribution in [0.15, 0.2) is 41.3 Å². The van der Waals surface area contributed by atoms with Crippen LogP contribution in [0.4, 0.5) is 4.39 Å². The number of aromatic nitrogens is 2. The molecular formula is C18H15FN2O4. The van der Waals surface area contributed by atoms with Gasteiger partial charge in [0.1, 0.15) is 17.2 Å². The molecule has 25 heavy (non-hydrogen) atoms. The van der Waals surface area contributed by atoms with Crippen LogP contribution in [0.3, 0.4) is 0 Å². The Morgan fingerprint density at radius 1 is 1.28 bits per heavy atom. The van der Waals surface area contributed by atoms with Crippen LogP contribution < -0.4 is 10.3 Å². The quantitative estimate of drug-likeness (QED) is 0.788. The van der Waals surface area contributed by atoms with Gasteiger partial charge >= 0.3 is 5.97 Å². The van der Waals surface area contributed by atoms with E-state index in [1.54, 1.807) is 31.3 Å². The average molecular weight is 342 g/mol. The van der Waals surface area contributed by atoms with Gasteiger partial charge in [-0.1, -0.05) is 12.1 Å². The van der Waals surface area contributed by atoms with E-state index in [2.05, 4.69) is 4.98 Å². The molecule has 3 rings (SSSR count). The predicted molar refractivity (Wildman–Crippen MR) is 90.6 cm³/mol. The largest absolute Gasteiger partial charge is 0.495 e. The topological polar surface area (TPSA) is 81.4 Å². The summed E-state index contributed by atoms with van der Waals surface area (Å²) in [4.78, 5) is 28.3. The van der Waals surface area contributed by atoms with Crippen molar-refractivity contribution in [2.45, 2.75) is 13.5 Å². The number of halogens is 1. The lowest BCUT2D eigenvalue weighted by Crippen LogP contribution is -2.27. The molecule has 0 spiro atoms. The number of aromatic carboxylic acids is 1. The second kappa shape index (κ2) is 6.35. The fourth-order valence-electron chi connectivity index (χ4n) is 2.80. The van der Waals surface area contributed by atoms with Crippen LogP contribution in [-0.4, -0.2) is 27.7 Å². The minimum absolute atomic E-state index is 0.0336. The van der Waals surface area contributed by atoms with E-state index < -0.39 is 17.1 Å². The van der Waals surface area contributed by atoms with Crippen LogP contribution in [0.25, 0.3) is 22.2 Å². The van der Waals surface area contributed by atoms with Crippen LogP contribution in [0, 0.1) is 5.82 Å². The summed E-state index contributed by atoms with van der Waals surface area (Å²) < 4.78 is 19.6. The molecule has 0 bridgehead atoms. The molecule has 0 fully saturated rings. The highest BCUT2D eigenvalue weighted by Crippen LogP contribution is 2.30. The van der Waals surface area contributed by atoms with Crippen LogP contribution in [0.2, 0.25) is 0 Å². The van der Waals surface area contributed by atoms with Crippen molar-refractivity contribution in [2.75, 3.05) is 7.11 Å². The third-order valence-corrected chi connectivity index (χ3v) is 3.96. The van der Waals surface area contributed by atoms with E-state index in [-0.39, 0.29) is 18.1 Å². The summed E-state index contributed by atoms with van der Waals surface area (Å²) in [5, 5.41) is 9.82. The highest BCUT2D eigenvalue weighted by Gasteiger charge is 2.23. The van der Waals surface area contributed by atoms with Crippen molar-refractivity contribution in [3.8, 4) is 16.9 Å². The summed E-state index contributed by atoms with van der Waals surface area (Å²) in [7, 11) is 1.31. The maximum Gasteiger partial charge on any atom is 0.345 e. The lowest BCUT2D eigenvalue weighted by molar-refractivity contribution is 0.0691. The van der Waals surface area contributed by atoms with E-state index in [4.69, 9.17) is 4.74 Å². The molecule has 0 saturated heterocycles. The number of hydrogen-bond donors (Lipinski definition) is 1. The fourth-order valence-corrected chi connectivity index (χ4v) is 2.80. The maximum atomic E-state index is 13.1. The molecule has 0 atom stereocenters. The smallest absolute Gasteiger partial charge is 0.345 e. The van der Waals surface area contributed by atoms with Gasteiger partial charge in [-0.2, -0.15) is 0 Å². The normalized spacial score (nSPS) is 10.8. The molecule has 1 N–H and O–H groups in total. The molecule has 7 heteroatoms. The number of fused-ring (bicyclic) bond motifs is 1. The van der Waals surface area contributed by atoms with Gasteiger partial charge in [-0.05, 0) is 30.7 Å². The Labute approximate surface area is 142 Å². The number of carboxylic acid groups (broad SMARTS) is 1. The summed E-state index contributed by atoms with van der Waals surface area (Å²) in [6, 6.07) is 7.53. The number of aryl methyl sites for hydroxylation is 1. The van der Waals surface area contributed by atoms with Gasteiger partial charge in [0.05, 0.1) is 12.5 Å². The number of hydrogen-bond acceptors (Lipinski definition) is 4. The summed E-state index contributed by atoms with van der Waals surface area (Å²) in [5.41, 5.74) is 0.601. The van der Waals surface area contributed by atoms with Crippen LogP contribution in [0.1, 0.15) is 17.3 Å². The van der Waals surface area contributed by atoms with Crippen LogP contribution in [-0.2, 0) is 6.54 Å². The van der Waals surface area contributed by atoms with Gasteiger partial charge in [0, 0.05) is 18.3 Å². The summed E-state index contributed by atoms with van der Waals surface area (Å²) >= 11 is 0. The number of benzene rings is 1. The van der Waals surface area contributed by atoms with Crippen LogP contribution >= 0.6 is 0 Å². The first-order valence-electron chi connectivity index (χ1n) is 7.57. The van der Waals surface area contributed by atoms with Crippen molar-refractivity contribution in [3.05, 3.63) is 58.3 Å². The van der Waals surface area contributed by atoms with Crippen molar-refractivity contribution in [2.24, 2.45) is 0 Å². The van der Waals surface area contributed by atoms with E-state index >= 15 is 0 Å². The van der Waals surface area contributed by atoms with Gasteiger partial charge in [0.2, 0.25) is 0 Å². The van der Waals surface area contributed by atoms with Gasteiger partial charge in [-0.25, -0.2) is 14.2 Å². The zero-order valence-electron chi connectivity index (χ0n) is 13.6. The SMILES string of the molecule is CCn1c(=O)c(C(=O)O)c(OC)c2cc(-c3ccc(F)cc3)cnc21. The molecule has 2 aromatic heterocycles. The van der Waals surface area contributed by atoms with Gasteiger partial charge in [0.15, 0.2) is 5.56 Å². The highest BCUT2D eigenvalue weighted by molar-refractivity contribution is 5.99. The molecule has 0 unspecified atom stereocenters. The Morgan fingerprint density at radius 3 is 2.52 bits per heavy atom. The number of nitrogens with zero attached hydrogens (tertiary/aromatic N) is 2. The van der Waals surface area contributed by atoms with Crippen molar-refractivity contribution in [3.63, 3.8) is 0 Å². The number of carbonyl (C=O) groups is 1. The first kappa shape index (κ1) is 16.6. The van der Waals surface area contributed by atoms with Gasteiger partial charge in [-0.3, -0.25) is 9.36 Å².